The van der Waals surface area contributed by atoms with E-state index >= 15 is 0 Å². The molecule has 7 heteroatoms. The molecule has 1 amide bonds. The SMILES string of the molecule is CNCC1CCN(C(=O)c2cncc(-c3ccc(N(C)C)cc3)c2)C1.Cl.Cl. The number of aromatic nitrogens is 1. The van der Waals surface area contributed by atoms with Crippen LogP contribution in [0.4, 0.5) is 5.69 Å². The fourth-order valence-corrected chi connectivity index (χ4v) is 3.32. The maximum atomic E-state index is 12.8. The predicted molar refractivity (Wildman–Crippen MR) is 116 cm³/mol. The van der Waals surface area contributed by atoms with Crippen molar-refractivity contribution in [2.45, 2.75) is 6.42 Å². The van der Waals surface area contributed by atoms with E-state index in [0.717, 1.165) is 42.9 Å². The van der Waals surface area contributed by atoms with E-state index in [1.54, 1.807) is 6.20 Å². The monoisotopic (exact) mass is 410 g/mol. The molecule has 1 aliphatic rings. The lowest BCUT2D eigenvalue weighted by molar-refractivity contribution is 0.0787. The Balaban J connectivity index is 0.00000182. The molecule has 1 N–H and O–H groups in total. The first kappa shape index (κ1) is 23.2. The number of benzene rings is 1. The first-order valence-electron chi connectivity index (χ1n) is 8.75. The van der Waals surface area contributed by atoms with Gasteiger partial charge in [0.15, 0.2) is 0 Å². The number of likely N-dealkylation sites (tertiary alicyclic amines) is 1. The van der Waals surface area contributed by atoms with Crippen molar-refractivity contribution in [2.24, 2.45) is 5.92 Å². The van der Waals surface area contributed by atoms with Crippen LogP contribution in [-0.2, 0) is 0 Å². The first-order valence-corrected chi connectivity index (χ1v) is 8.75. The summed E-state index contributed by atoms with van der Waals surface area (Å²) in [6, 6.07) is 10.2. The number of amides is 1. The molecule has 0 spiro atoms. The van der Waals surface area contributed by atoms with Crippen molar-refractivity contribution in [3.05, 3.63) is 48.3 Å². The van der Waals surface area contributed by atoms with E-state index in [0.29, 0.717) is 11.5 Å². The molecule has 1 fully saturated rings. The van der Waals surface area contributed by atoms with Gasteiger partial charge >= 0.3 is 0 Å². The van der Waals surface area contributed by atoms with Crippen molar-refractivity contribution in [3.8, 4) is 11.1 Å². The number of carbonyl (C=O) groups is 1. The summed E-state index contributed by atoms with van der Waals surface area (Å²) in [5.41, 5.74) is 3.86. The quantitative estimate of drug-likeness (QED) is 0.820. The van der Waals surface area contributed by atoms with E-state index in [1.807, 2.05) is 38.3 Å². The van der Waals surface area contributed by atoms with Crippen molar-refractivity contribution in [1.82, 2.24) is 15.2 Å². The summed E-state index contributed by atoms with van der Waals surface area (Å²) in [6.45, 7) is 2.61. The maximum Gasteiger partial charge on any atom is 0.255 e. The van der Waals surface area contributed by atoms with Crippen LogP contribution in [0, 0.1) is 5.92 Å². The molecule has 0 saturated carbocycles. The average Bonchev–Trinajstić information content (AvgIpc) is 3.10. The summed E-state index contributed by atoms with van der Waals surface area (Å²) in [5, 5.41) is 3.20. The van der Waals surface area contributed by atoms with Gasteiger partial charge in [-0.2, -0.15) is 0 Å². The molecule has 1 aromatic carbocycles. The van der Waals surface area contributed by atoms with E-state index in [9.17, 15) is 4.79 Å². The van der Waals surface area contributed by atoms with Gasteiger partial charge < -0.3 is 15.1 Å². The number of halogens is 2. The van der Waals surface area contributed by atoms with E-state index in [-0.39, 0.29) is 30.7 Å². The Morgan fingerprint density at radius 3 is 2.52 bits per heavy atom. The van der Waals surface area contributed by atoms with Gasteiger partial charge in [0.25, 0.3) is 5.91 Å². The molecule has 148 valence electrons. The highest BCUT2D eigenvalue weighted by molar-refractivity contribution is 5.95. The molecule has 1 atom stereocenters. The highest BCUT2D eigenvalue weighted by atomic mass is 35.5. The van der Waals surface area contributed by atoms with Gasteiger partial charge in [-0.3, -0.25) is 9.78 Å². The van der Waals surface area contributed by atoms with E-state index in [4.69, 9.17) is 0 Å². The number of carbonyl (C=O) groups excluding carboxylic acids is 1. The summed E-state index contributed by atoms with van der Waals surface area (Å²) >= 11 is 0. The van der Waals surface area contributed by atoms with Gasteiger partial charge in [-0.25, -0.2) is 0 Å². The van der Waals surface area contributed by atoms with Crippen molar-refractivity contribution in [3.63, 3.8) is 0 Å². The van der Waals surface area contributed by atoms with Crippen LogP contribution in [-0.4, -0.2) is 56.6 Å². The third-order valence-corrected chi connectivity index (χ3v) is 4.77. The Hall–Kier alpha value is -1.82. The van der Waals surface area contributed by atoms with Gasteiger partial charge in [0.05, 0.1) is 5.56 Å². The van der Waals surface area contributed by atoms with Crippen LogP contribution >= 0.6 is 24.8 Å². The van der Waals surface area contributed by atoms with Crippen LogP contribution in [0.3, 0.4) is 0 Å². The van der Waals surface area contributed by atoms with E-state index in [2.05, 4.69) is 39.5 Å². The van der Waals surface area contributed by atoms with E-state index < -0.39 is 0 Å². The molecule has 0 radical (unpaired) electrons. The van der Waals surface area contributed by atoms with Gasteiger partial charge in [-0.05, 0) is 49.7 Å². The number of rotatable bonds is 5. The number of nitrogens with one attached hydrogen (secondary N) is 1. The first-order chi connectivity index (χ1) is 12.1. The zero-order valence-corrected chi connectivity index (χ0v) is 17.6. The maximum absolute atomic E-state index is 12.8. The molecule has 5 nitrogen and oxygen atoms in total. The van der Waals surface area contributed by atoms with Gasteiger partial charge in [-0.15, -0.1) is 24.8 Å². The van der Waals surface area contributed by atoms with Crippen LogP contribution in [0.25, 0.3) is 11.1 Å². The molecule has 3 rings (SSSR count). The van der Waals surface area contributed by atoms with Crippen molar-refractivity contribution < 1.29 is 4.79 Å². The topological polar surface area (TPSA) is 48.5 Å². The second kappa shape index (κ2) is 10.5. The molecule has 1 saturated heterocycles. The molecule has 1 aromatic heterocycles. The molecule has 27 heavy (non-hydrogen) atoms. The van der Waals surface area contributed by atoms with Crippen LogP contribution in [0.1, 0.15) is 16.8 Å². The Labute approximate surface area is 174 Å². The van der Waals surface area contributed by atoms with Gasteiger partial charge in [-0.1, -0.05) is 12.1 Å². The fraction of sp³-hybridized carbons (Fsp3) is 0.400. The van der Waals surface area contributed by atoms with Crippen LogP contribution in [0.15, 0.2) is 42.7 Å². The standard InChI is InChI=1S/C20H26N4O.2ClH/c1-21-11-15-8-9-24(14-15)20(25)18-10-17(12-22-13-18)16-4-6-19(7-5-16)23(2)3;;/h4-7,10,12-13,15,21H,8-9,11,14H2,1-3H3;2*1H. The van der Waals surface area contributed by atoms with Crippen molar-refractivity contribution >= 4 is 36.4 Å². The summed E-state index contributed by atoms with van der Waals surface area (Å²) in [4.78, 5) is 21.1. The highest BCUT2D eigenvalue weighted by Gasteiger charge is 2.26. The molecule has 0 bridgehead atoms. The smallest absolute Gasteiger partial charge is 0.255 e. The van der Waals surface area contributed by atoms with Gasteiger partial charge in [0, 0.05) is 50.8 Å². The third kappa shape index (κ3) is 5.58. The lowest BCUT2D eigenvalue weighted by Crippen LogP contribution is -2.30. The Morgan fingerprint density at radius 1 is 1.19 bits per heavy atom. The number of nitrogens with zero attached hydrogens (tertiary/aromatic N) is 3. The van der Waals surface area contributed by atoms with Crippen molar-refractivity contribution in [1.29, 1.82) is 0 Å². The minimum Gasteiger partial charge on any atom is -0.378 e. The molecule has 0 aliphatic carbocycles. The third-order valence-electron chi connectivity index (χ3n) is 4.77. The minimum atomic E-state index is 0. The van der Waals surface area contributed by atoms with Gasteiger partial charge in [0.2, 0.25) is 0 Å². The Morgan fingerprint density at radius 2 is 1.89 bits per heavy atom. The van der Waals surface area contributed by atoms with Gasteiger partial charge in [0.1, 0.15) is 0 Å². The zero-order chi connectivity index (χ0) is 17.8. The number of hydrogen-bond donors (Lipinski definition) is 1. The number of anilines is 1. The fourth-order valence-electron chi connectivity index (χ4n) is 3.32. The van der Waals surface area contributed by atoms with Crippen molar-refractivity contribution in [2.75, 3.05) is 45.7 Å². The molecular weight excluding hydrogens is 383 g/mol. The summed E-state index contributed by atoms with van der Waals surface area (Å²) in [6.07, 6.45) is 4.55. The number of pyridine rings is 1. The average molecular weight is 411 g/mol. The van der Waals surface area contributed by atoms with E-state index in [1.165, 1.54) is 0 Å². The second-order valence-corrected chi connectivity index (χ2v) is 6.87. The molecule has 1 aliphatic heterocycles. The van der Waals surface area contributed by atoms with Crippen LogP contribution in [0.2, 0.25) is 0 Å². The molecular formula is C20H28Cl2N4O. The Kier molecular flexibility index (Phi) is 9.03. The molecule has 1 unspecified atom stereocenters. The van der Waals surface area contributed by atoms with Crippen LogP contribution < -0.4 is 10.2 Å². The normalized spacial score (nSPS) is 15.7. The molecule has 2 heterocycles. The summed E-state index contributed by atoms with van der Waals surface area (Å²) in [7, 11) is 6.00. The number of hydrogen-bond acceptors (Lipinski definition) is 4. The largest absolute Gasteiger partial charge is 0.378 e. The minimum absolute atomic E-state index is 0. The second-order valence-electron chi connectivity index (χ2n) is 6.87. The zero-order valence-electron chi connectivity index (χ0n) is 16.0. The molecule has 2 aromatic rings. The lowest BCUT2D eigenvalue weighted by Gasteiger charge is -2.17. The summed E-state index contributed by atoms with van der Waals surface area (Å²) in [5.74, 6) is 0.626. The Bertz CT molecular complexity index is 737. The summed E-state index contributed by atoms with van der Waals surface area (Å²) < 4.78 is 0. The highest BCUT2D eigenvalue weighted by Crippen LogP contribution is 2.24. The van der Waals surface area contributed by atoms with Crippen LogP contribution in [0.5, 0.6) is 0 Å². The lowest BCUT2D eigenvalue weighted by atomic mass is 10.0. The predicted octanol–water partition coefficient (Wildman–Crippen LogP) is 3.34.